The average Bonchev–Trinajstić information content (AvgIpc) is 3.98. The predicted octanol–water partition coefficient (Wildman–Crippen LogP) is 18.5. The summed E-state index contributed by atoms with van der Waals surface area (Å²) in [4.78, 5) is 2.40. The van der Waals surface area contributed by atoms with Crippen LogP contribution in [0.2, 0.25) is 0 Å². The molecule has 2 aromatic heterocycles. The SMILES string of the molecule is c1ccc(-c2ccccc2-c2cccc(N(c3ccc(-c4ccc(-c5ccc(-n6c7ccccc7c7ccccc76)cc5)cc4)cc3)c3ccccc3-c3cccc4oc5ccccc5c34)c2)cc1. The van der Waals surface area contributed by atoms with Gasteiger partial charge in [0, 0.05) is 44.2 Å². The lowest BCUT2D eigenvalue weighted by Crippen LogP contribution is -2.11. The number of aromatic nitrogens is 1. The quantitative estimate of drug-likeness (QED) is 0.144. The van der Waals surface area contributed by atoms with Gasteiger partial charge in [0.15, 0.2) is 0 Å². The molecule has 0 spiro atoms. The summed E-state index contributed by atoms with van der Waals surface area (Å²) in [6.07, 6.45) is 0. The largest absolute Gasteiger partial charge is 0.456 e. The van der Waals surface area contributed by atoms with Crippen LogP contribution >= 0.6 is 0 Å². The Bertz CT molecular complexity index is 3940. The Morgan fingerprint density at radius 2 is 0.768 bits per heavy atom. The first-order chi connectivity index (χ1) is 34.2. The highest BCUT2D eigenvalue weighted by molar-refractivity contribution is 6.14. The van der Waals surface area contributed by atoms with Gasteiger partial charge in [0.1, 0.15) is 11.2 Å². The summed E-state index contributed by atoms with van der Waals surface area (Å²) in [7, 11) is 0. The number of para-hydroxylation sites is 4. The van der Waals surface area contributed by atoms with Crippen LogP contribution in [0.1, 0.15) is 0 Å². The molecule has 0 saturated heterocycles. The van der Waals surface area contributed by atoms with E-state index in [1.165, 1.54) is 49.6 Å². The van der Waals surface area contributed by atoms with Gasteiger partial charge < -0.3 is 13.9 Å². The first kappa shape index (κ1) is 40.1. The van der Waals surface area contributed by atoms with Crippen LogP contribution in [0.4, 0.5) is 17.1 Å². The van der Waals surface area contributed by atoms with Gasteiger partial charge in [-0.15, -0.1) is 0 Å². The monoisotopic (exact) mass is 880 g/mol. The van der Waals surface area contributed by atoms with E-state index in [2.05, 4.69) is 270 Å². The highest BCUT2D eigenvalue weighted by Gasteiger charge is 2.21. The summed E-state index contributed by atoms with van der Waals surface area (Å²) in [5.41, 5.74) is 20.2. The van der Waals surface area contributed by atoms with Crippen LogP contribution in [-0.4, -0.2) is 4.57 Å². The van der Waals surface area contributed by atoms with E-state index in [0.717, 1.165) is 72.5 Å². The van der Waals surface area contributed by atoms with E-state index in [-0.39, 0.29) is 0 Å². The van der Waals surface area contributed by atoms with E-state index in [0.29, 0.717) is 0 Å². The van der Waals surface area contributed by atoms with Gasteiger partial charge in [0.2, 0.25) is 0 Å². The number of rotatable bonds is 9. The van der Waals surface area contributed by atoms with E-state index in [1.807, 2.05) is 6.07 Å². The second kappa shape index (κ2) is 16.9. The summed E-state index contributed by atoms with van der Waals surface area (Å²) in [6.45, 7) is 0. The van der Waals surface area contributed by atoms with Crippen molar-refractivity contribution < 1.29 is 4.42 Å². The molecular weight excluding hydrogens is 837 g/mol. The minimum atomic E-state index is 0.876. The zero-order valence-corrected chi connectivity index (χ0v) is 37.7. The normalized spacial score (nSPS) is 11.5. The number of anilines is 3. The maximum atomic E-state index is 6.41. The Balaban J connectivity index is 0.875. The molecule has 11 aromatic carbocycles. The number of hydrogen-bond donors (Lipinski definition) is 0. The van der Waals surface area contributed by atoms with Crippen molar-refractivity contribution in [2.75, 3.05) is 4.90 Å². The minimum absolute atomic E-state index is 0.876. The van der Waals surface area contributed by atoms with Gasteiger partial charge in [-0.3, -0.25) is 0 Å². The molecule has 0 unspecified atom stereocenters. The molecule has 0 aliphatic carbocycles. The van der Waals surface area contributed by atoms with Crippen molar-refractivity contribution in [2.24, 2.45) is 0 Å². The van der Waals surface area contributed by atoms with E-state index < -0.39 is 0 Å². The van der Waals surface area contributed by atoms with Crippen LogP contribution in [-0.2, 0) is 0 Å². The lowest BCUT2D eigenvalue weighted by molar-refractivity contribution is 0.669. The number of nitrogens with zero attached hydrogens (tertiary/aromatic N) is 2. The van der Waals surface area contributed by atoms with E-state index in [4.69, 9.17) is 4.42 Å². The van der Waals surface area contributed by atoms with Crippen LogP contribution in [0.15, 0.2) is 271 Å². The molecule has 0 aliphatic heterocycles. The van der Waals surface area contributed by atoms with Crippen LogP contribution in [0.3, 0.4) is 0 Å². The predicted molar refractivity (Wildman–Crippen MR) is 290 cm³/mol. The fraction of sp³-hybridized carbons (Fsp3) is 0. The molecule has 69 heavy (non-hydrogen) atoms. The fourth-order valence-electron chi connectivity index (χ4n) is 10.4. The summed E-state index contributed by atoms with van der Waals surface area (Å²) in [5.74, 6) is 0. The molecule has 0 aliphatic rings. The number of fused-ring (bicyclic) bond motifs is 6. The molecular formula is C66H44N2O. The van der Waals surface area contributed by atoms with Gasteiger partial charge in [-0.05, 0) is 117 Å². The second-order valence-electron chi connectivity index (χ2n) is 17.6. The van der Waals surface area contributed by atoms with Crippen LogP contribution in [0, 0.1) is 0 Å². The zero-order valence-electron chi connectivity index (χ0n) is 37.7. The Morgan fingerprint density at radius 3 is 1.45 bits per heavy atom. The van der Waals surface area contributed by atoms with Crippen LogP contribution in [0.25, 0.3) is 105 Å². The third-order valence-corrected chi connectivity index (χ3v) is 13.6. The van der Waals surface area contributed by atoms with Gasteiger partial charge in [-0.1, -0.05) is 200 Å². The molecule has 0 bridgehead atoms. The Hall–Kier alpha value is -9.18. The Morgan fingerprint density at radius 1 is 0.290 bits per heavy atom. The zero-order chi connectivity index (χ0) is 45.7. The lowest BCUT2D eigenvalue weighted by Gasteiger charge is -2.29. The standard InChI is InChI=1S/C66H44N2O/c1-2-16-49(17-3-1)54-20-4-5-21-55(54)50-18-14-19-53(44-50)67(61-27-10-8-24-58(61)59-26-15-31-65-66(59)60-25-9-13-30-64(60)69-65)51-40-36-47(37-41-51)45-32-34-46(35-33-45)48-38-42-52(43-39-48)68-62-28-11-6-22-56(62)57-23-7-12-29-63(57)68/h1-44H. The van der Waals surface area contributed by atoms with Crippen molar-refractivity contribution in [1.82, 2.24) is 4.57 Å². The Labute approximate surface area is 401 Å². The smallest absolute Gasteiger partial charge is 0.136 e. The van der Waals surface area contributed by atoms with Crippen molar-refractivity contribution >= 4 is 60.8 Å². The summed E-state index contributed by atoms with van der Waals surface area (Å²) >= 11 is 0. The summed E-state index contributed by atoms with van der Waals surface area (Å²) in [6, 6.07) is 96.0. The van der Waals surface area contributed by atoms with Crippen LogP contribution < -0.4 is 4.90 Å². The van der Waals surface area contributed by atoms with Gasteiger partial charge in [0.25, 0.3) is 0 Å². The van der Waals surface area contributed by atoms with Crippen molar-refractivity contribution in [3.05, 3.63) is 267 Å². The molecule has 3 nitrogen and oxygen atoms in total. The first-order valence-electron chi connectivity index (χ1n) is 23.6. The molecule has 0 fully saturated rings. The highest BCUT2D eigenvalue weighted by Crippen LogP contribution is 2.46. The third-order valence-electron chi connectivity index (χ3n) is 13.6. The number of hydrogen-bond acceptors (Lipinski definition) is 2. The molecule has 324 valence electrons. The number of benzene rings is 11. The maximum Gasteiger partial charge on any atom is 0.136 e. The molecule has 3 heteroatoms. The Kier molecular flexibility index (Phi) is 9.84. The van der Waals surface area contributed by atoms with Crippen molar-refractivity contribution in [3.63, 3.8) is 0 Å². The van der Waals surface area contributed by atoms with Gasteiger partial charge >= 0.3 is 0 Å². The molecule has 0 amide bonds. The van der Waals surface area contributed by atoms with Gasteiger partial charge in [-0.2, -0.15) is 0 Å². The highest BCUT2D eigenvalue weighted by atomic mass is 16.3. The summed E-state index contributed by atoms with van der Waals surface area (Å²) < 4.78 is 8.78. The summed E-state index contributed by atoms with van der Waals surface area (Å²) in [5, 5.41) is 4.76. The second-order valence-corrected chi connectivity index (χ2v) is 17.6. The average molecular weight is 881 g/mol. The van der Waals surface area contributed by atoms with E-state index >= 15 is 0 Å². The van der Waals surface area contributed by atoms with E-state index in [1.54, 1.807) is 0 Å². The van der Waals surface area contributed by atoms with Crippen LogP contribution in [0.5, 0.6) is 0 Å². The molecule has 0 radical (unpaired) electrons. The van der Waals surface area contributed by atoms with Crippen molar-refractivity contribution in [2.45, 2.75) is 0 Å². The van der Waals surface area contributed by atoms with Gasteiger partial charge in [-0.25, -0.2) is 0 Å². The molecule has 0 saturated carbocycles. The molecule has 0 N–H and O–H groups in total. The molecule has 13 aromatic rings. The fourth-order valence-corrected chi connectivity index (χ4v) is 10.4. The minimum Gasteiger partial charge on any atom is -0.456 e. The molecule has 13 rings (SSSR count). The number of furan rings is 1. The topological polar surface area (TPSA) is 21.3 Å². The van der Waals surface area contributed by atoms with Gasteiger partial charge in [0.05, 0.1) is 16.7 Å². The third kappa shape index (κ3) is 7.08. The molecule has 2 heterocycles. The van der Waals surface area contributed by atoms with Crippen molar-refractivity contribution in [3.8, 4) is 61.3 Å². The lowest BCUT2D eigenvalue weighted by atomic mass is 9.94. The first-order valence-corrected chi connectivity index (χ1v) is 23.6. The molecule has 0 atom stereocenters. The maximum absolute atomic E-state index is 6.41. The van der Waals surface area contributed by atoms with Crippen molar-refractivity contribution in [1.29, 1.82) is 0 Å². The van der Waals surface area contributed by atoms with E-state index in [9.17, 15) is 0 Å².